The molecule has 2 aliphatic rings. The summed E-state index contributed by atoms with van der Waals surface area (Å²) in [7, 11) is 0. The number of benzene rings is 1. The summed E-state index contributed by atoms with van der Waals surface area (Å²) >= 11 is 0. The topological polar surface area (TPSA) is 44.4 Å². The number of likely N-dealkylation sites (tertiary alicyclic amines) is 1. The highest BCUT2D eigenvalue weighted by molar-refractivity contribution is 5.90. The van der Waals surface area contributed by atoms with Crippen LogP contribution in [0.4, 0.5) is 14.9 Å². The first kappa shape index (κ1) is 12.4. The lowest BCUT2D eigenvalue weighted by molar-refractivity contribution is 0.190. The van der Waals surface area contributed by atoms with Crippen molar-refractivity contribution in [1.29, 1.82) is 0 Å². The van der Waals surface area contributed by atoms with Crippen LogP contribution in [0.3, 0.4) is 0 Å². The fraction of sp³-hybridized carbons (Fsp3) is 0.500. The molecule has 102 valence electrons. The fourth-order valence-electron chi connectivity index (χ4n) is 3.26. The van der Waals surface area contributed by atoms with Crippen LogP contribution in [0, 0.1) is 11.7 Å². The molecule has 2 fully saturated rings. The molecule has 0 aliphatic carbocycles. The van der Waals surface area contributed by atoms with Crippen LogP contribution in [0.5, 0.6) is 0 Å². The van der Waals surface area contributed by atoms with Crippen molar-refractivity contribution < 1.29 is 9.18 Å². The zero-order valence-corrected chi connectivity index (χ0v) is 10.9. The Kier molecular flexibility index (Phi) is 3.14. The van der Waals surface area contributed by atoms with Gasteiger partial charge in [-0.15, -0.1) is 0 Å². The average Bonchev–Trinajstić information content (AvgIpc) is 2.91. The molecular weight excluding hydrogens is 245 g/mol. The highest BCUT2D eigenvalue weighted by Crippen LogP contribution is 2.32. The van der Waals surface area contributed by atoms with Gasteiger partial charge in [0.05, 0.1) is 11.7 Å². The number of fused-ring (bicyclic) bond motifs is 1. The van der Waals surface area contributed by atoms with Gasteiger partial charge in [-0.3, -0.25) is 0 Å². The van der Waals surface area contributed by atoms with Gasteiger partial charge in [-0.25, -0.2) is 9.18 Å². The minimum Gasteiger partial charge on any atom is -0.317 e. The Labute approximate surface area is 112 Å². The number of para-hydroxylation sites is 1. The van der Waals surface area contributed by atoms with Gasteiger partial charge in [-0.05, 0) is 31.4 Å². The van der Waals surface area contributed by atoms with E-state index in [9.17, 15) is 9.18 Å². The summed E-state index contributed by atoms with van der Waals surface area (Å²) in [6, 6.07) is 6.51. The summed E-state index contributed by atoms with van der Waals surface area (Å²) in [6.07, 6.45) is 1.02. The minimum atomic E-state index is -0.399. The molecule has 1 aromatic rings. The van der Waals surface area contributed by atoms with Crippen molar-refractivity contribution >= 4 is 11.7 Å². The van der Waals surface area contributed by atoms with E-state index in [2.05, 4.69) is 17.6 Å². The summed E-state index contributed by atoms with van der Waals surface area (Å²) in [5.41, 5.74) is 0.245. The summed E-state index contributed by atoms with van der Waals surface area (Å²) in [5, 5.41) is 5.99. The van der Waals surface area contributed by atoms with Crippen molar-refractivity contribution in [2.75, 3.05) is 18.4 Å². The van der Waals surface area contributed by atoms with Gasteiger partial charge in [0.15, 0.2) is 0 Å². The molecule has 4 nitrogen and oxygen atoms in total. The maximum atomic E-state index is 13.6. The molecule has 3 rings (SSSR count). The Morgan fingerprint density at radius 1 is 1.42 bits per heavy atom. The van der Waals surface area contributed by atoms with Gasteiger partial charge >= 0.3 is 6.03 Å². The van der Waals surface area contributed by atoms with Crippen molar-refractivity contribution in [2.24, 2.45) is 5.92 Å². The maximum absolute atomic E-state index is 13.6. The first-order valence-corrected chi connectivity index (χ1v) is 6.71. The minimum absolute atomic E-state index is 0.200. The van der Waals surface area contributed by atoms with Crippen LogP contribution in [0.15, 0.2) is 24.3 Å². The fourth-order valence-corrected chi connectivity index (χ4v) is 3.26. The lowest BCUT2D eigenvalue weighted by Gasteiger charge is -2.27. The molecule has 2 heterocycles. The molecule has 1 aromatic carbocycles. The number of halogens is 1. The third kappa shape index (κ3) is 2.18. The zero-order valence-electron chi connectivity index (χ0n) is 10.9. The Morgan fingerprint density at radius 3 is 3.00 bits per heavy atom. The van der Waals surface area contributed by atoms with Crippen LogP contribution in [0.2, 0.25) is 0 Å². The van der Waals surface area contributed by atoms with Gasteiger partial charge in [-0.1, -0.05) is 12.1 Å². The molecule has 2 saturated heterocycles. The molecular formula is C14H18FN3O. The van der Waals surface area contributed by atoms with Gasteiger partial charge in [0.1, 0.15) is 5.82 Å². The number of rotatable bonds is 1. The molecule has 0 spiro atoms. The number of nitrogens with one attached hydrogen (secondary N) is 2. The van der Waals surface area contributed by atoms with Crippen LogP contribution >= 0.6 is 0 Å². The van der Waals surface area contributed by atoms with Crippen molar-refractivity contribution in [1.82, 2.24) is 10.2 Å². The predicted octanol–water partition coefficient (Wildman–Crippen LogP) is 2.04. The molecule has 2 amide bonds. The number of carbonyl (C=O) groups excluding carboxylic acids is 1. The molecule has 0 aromatic heterocycles. The Bertz CT molecular complexity index is 493. The lowest BCUT2D eigenvalue weighted by atomic mass is 10.0. The van der Waals surface area contributed by atoms with Crippen LogP contribution < -0.4 is 10.6 Å². The van der Waals surface area contributed by atoms with Crippen LogP contribution in [-0.4, -0.2) is 36.1 Å². The van der Waals surface area contributed by atoms with Crippen molar-refractivity contribution in [3.8, 4) is 0 Å². The number of urea groups is 1. The first-order valence-electron chi connectivity index (χ1n) is 6.71. The summed E-state index contributed by atoms with van der Waals surface area (Å²) in [5.74, 6) is 0.130. The number of amides is 2. The van der Waals surface area contributed by atoms with Crippen LogP contribution in [0.25, 0.3) is 0 Å². The smallest absolute Gasteiger partial charge is 0.317 e. The van der Waals surface area contributed by atoms with Crippen LogP contribution in [0.1, 0.15) is 13.3 Å². The van der Waals surface area contributed by atoms with Crippen molar-refractivity contribution in [3.63, 3.8) is 0 Å². The van der Waals surface area contributed by atoms with E-state index in [1.807, 2.05) is 4.90 Å². The highest BCUT2D eigenvalue weighted by atomic mass is 19.1. The Morgan fingerprint density at radius 2 is 2.21 bits per heavy atom. The third-order valence-electron chi connectivity index (χ3n) is 4.13. The molecule has 0 saturated carbocycles. The maximum Gasteiger partial charge on any atom is 0.322 e. The number of anilines is 1. The normalized spacial score (nSPS) is 29.4. The van der Waals surface area contributed by atoms with E-state index in [1.165, 1.54) is 6.07 Å². The van der Waals surface area contributed by atoms with Crippen molar-refractivity contribution in [3.05, 3.63) is 30.1 Å². The van der Waals surface area contributed by atoms with E-state index in [1.54, 1.807) is 18.2 Å². The van der Waals surface area contributed by atoms with E-state index >= 15 is 0 Å². The molecule has 3 unspecified atom stereocenters. The second-order valence-electron chi connectivity index (χ2n) is 5.39. The molecule has 3 atom stereocenters. The van der Waals surface area contributed by atoms with Gasteiger partial charge in [0.25, 0.3) is 0 Å². The molecule has 5 heteroatoms. The third-order valence-corrected chi connectivity index (χ3v) is 4.13. The number of carbonyl (C=O) groups is 1. The van der Waals surface area contributed by atoms with E-state index in [4.69, 9.17) is 0 Å². The Hall–Kier alpha value is -1.62. The quantitative estimate of drug-likeness (QED) is 0.814. The second kappa shape index (κ2) is 4.81. The molecule has 0 radical (unpaired) electrons. The average molecular weight is 263 g/mol. The van der Waals surface area contributed by atoms with Crippen molar-refractivity contribution in [2.45, 2.75) is 25.4 Å². The number of nitrogens with zero attached hydrogens (tertiary/aromatic N) is 1. The highest BCUT2D eigenvalue weighted by Gasteiger charge is 2.44. The van der Waals surface area contributed by atoms with E-state index in [-0.39, 0.29) is 23.8 Å². The van der Waals surface area contributed by atoms with Crippen LogP contribution in [-0.2, 0) is 0 Å². The van der Waals surface area contributed by atoms with Gasteiger partial charge < -0.3 is 15.5 Å². The SMILES string of the molecule is CC1CC2CNCC2N1C(=O)Nc1ccccc1F. The van der Waals surface area contributed by atoms with Gasteiger partial charge in [-0.2, -0.15) is 0 Å². The van der Waals surface area contributed by atoms with E-state index < -0.39 is 5.82 Å². The molecule has 2 aliphatic heterocycles. The largest absolute Gasteiger partial charge is 0.322 e. The lowest BCUT2D eigenvalue weighted by Crippen LogP contribution is -2.45. The second-order valence-corrected chi connectivity index (χ2v) is 5.39. The molecule has 19 heavy (non-hydrogen) atoms. The summed E-state index contributed by atoms with van der Waals surface area (Å²) in [4.78, 5) is 14.2. The van der Waals surface area contributed by atoms with Gasteiger partial charge in [0.2, 0.25) is 0 Å². The predicted molar refractivity (Wildman–Crippen MR) is 71.5 cm³/mol. The molecule has 0 bridgehead atoms. The first-order chi connectivity index (χ1) is 9.16. The molecule has 2 N–H and O–H groups in total. The standard InChI is InChI=1S/C14H18FN3O/c1-9-6-10-7-16-8-13(10)18(9)14(19)17-12-5-3-2-4-11(12)15/h2-5,9-10,13,16H,6-8H2,1H3,(H,17,19). The number of hydrogen-bond donors (Lipinski definition) is 2. The van der Waals surface area contributed by atoms with E-state index in [0.29, 0.717) is 5.92 Å². The number of hydrogen-bond acceptors (Lipinski definition) is 2. The van der Waals surface area contributed by atoms with Gasteiger partial charge in [0, 0.05) is 19.1 Å². The Balaban J connectivity index is 1.75. The summed E-state index contributed by atoms with van der Waals surface area (Å²) in [6.45, 7) is 3.86. The monoisotopic (exact) mass is 263 g/mol. The summed E-state index contributed by atoms with van der Waals surface area (Å²) < 4.78 is 13.6. The van der Waals surface area contributed by atoms with E-state index in [0.717, 1.165) is 19.5 Å². The zero-order chi connectivity index (χ0) is 13.4.